The fourth-order valence-corrected chi connectivity index (χ4v) is 1.74. The maximum Gasteiger partial charge on any atom is 0.161 e. The second-order valence-electron chi connectivity index (χ2n) is 4.69. The van der Waals surface area contributed by atoms with E-state index in [9.17, 15) is 5.11 Å². The summed E-state index contributed by atoms with van der Waals surface area (Å²) in [6, 6.07) is 5.81. The Morgan fingerprint density at radius 1 is 1.38 bits per heavy atom. The molecule has 21 heavy (non-hydrogen) atoms. The van der Waals surface area contributed by atoms with E-state index >= 15 is 0 Å². The molecular formula is C16H25NO4. The van der Waals surface area contributed by atoms with Gasteiger partial charge in [-0.2, -0.15) is 0 Å². The van der Waals surface area contributed by atoms with Crippen LogP contribution in [0.25, 0.3) is 0 Å². The van der Waals surface area contributed by atoms with Gasteiger partial charge in [0.2, 0.25) is 0 Å². The first-order valence-electron chi connectivity index (χ1n) is 7.02. The molecular weight excluding hydrogens is 270 g/mol. The Kier molecular flexibility index (Phi) is 8.50. The number of aliphatic hydroxyl groups excluding tert-OH is 1. The van der Waals surface area contributed by atoms with Crippen molar-refractivity contribution in [1.29, 1.82) is 0 Å². The Morgan fingerprint density at radius 3 is 2.90 bits per heavy atom. The summed E-state index contributed by atoms with van der Waals surface area (Å²) in [5.74, 6) is 1.45. The Morgan fingerprint density at radius 2 is 2.19 bits per heavy atom. The standard InChI is InChI=1S/C16H25NO4/c1-4-8-20-12-14(18)11-17-7-9-21-15-6-5-13(2)10-16(15)19-3/h4-6,10,14,17-18H,1,7-9,11-12H2,2-3H3/t14-/m1/s1. The second-order valence-corrected chi connectivity index (χ2v) is 4.69. The molecule has 0 aromatic heterocycles. The van der Waals surface area contributed by atoms with Gasteiger partial charge in [0.15, 0.2) is 11.5 Å². The summed E-state index contributed by atoms with van der Waals surface area (Å²) in [6.45, 7) is 7.89. The molecule has 0 bridgehead atoms. The number of rotatable bonds is 11. The van der Waals surface area contributed by atoms with Gasteiger partial charge >= 0.3 is 0 Å². The number of methoxy groups -OCH3 is 1. The molecule has 0 radical (unpaired) electrons. The van der Waals surface area contributed by atoms with E-state index in [1.807, 2.05) is 25.1 Å². The molecule has 0 aliphatic carbocycles. The molecule has 0 saturated carbocycles. The summed E-state index contributed by atoms with van der Waals surface area (Å²) in [6.07, 6.45) is 1.13. The highest BCUT2D eigenvalue weighted by Gasteiger charge is 2.05. The van der Waals surface area contributed by atoms with Gasteiger partial charge in [-0.3, -0.25) is 0 Å². The van der Waals surface area contributed by atoms with Gasteiger partial charge in [-0.1, -0.05) is 12.1 Å². The maximum atomic E-state index is 9.62. The van der Waals surface area contributed by atoms with Crippen molar-refractivity contribution >= 4 is 0 Å². The van der Waals surface area contributed by atoms with E-state index in [2.05, 4.69) is 11.9 Å². The number of nitrogens with one attached hydrogen (secondary N) is 1. The van der Waals surface area contributed by atoms with Crippen molar-refractivity contribution < 1.29 is 19.3 Å². The quantitative estimate of drug-likeness (QED) is 0.479. The van der Waals surface area contributed by atoms with Crippen LogP contribution in [-0.2, 0) is 4.74 Å². The third kappa shape index (κ3) is 7.13. The second kappa shape index (κ2) is 10.2. The summed E-state index contributed by atoms with van der Waals surface area (Å²) in [4.78, 5) is 0. The van der Waals surface area contributed by atoms with Gasteiger partial charge in [0.25, 0.3) is 0 Å². The van der Waals surface area contributed by atoms with E-state index in [1.54, 1.807) is 13.2 Å². The molecule has 5 nitrogen and oxygen atoms in total. The first kappa shape index (κ1) is 17.5. The van der Waals surface area contributed by atoms with Crippen LogP contribution in [0, 0.1) is 6.92 Å². The molecule has 0 aliphatic heterocycles. The van der Waals surface area contributed by atoms with Gasteiger partial charge in [-0.05, 0) is 24.6 Å². The van der Waals surface area contributed by atoms with Crippen molar-refractivity contribution in [2.75, 3.05) is 40.0 Å². The zero-order valence-corrected chi connectivity index (χ0v) is 12.8. The average molecular weight is 295 g/mol. The molecule has 0 aliphatic rings. The van der Waals surface area contributed by atoms with Gasteiger partial charge in [0.05, 0.1) is 26.4 Å². The van der Waals surface area contributed by atoms with Crippen LogP contribution in [0.4, 0.5) is 0 Å². The maximum absolute atomic E-state index is 9.62. The topological polar surface area (TPSA) is 60.0 Å². The number of aliphatic hydroxyl groups is 1. The SMILES string of the molecule is C=CCOC[C@H](O)CNCCOc1ccc(C)cc1OC. The number of ether oxygens (including phenoxy) is 3. The molecule has 1 rings (SSSR count). The molecule has 0 fully saturated rings. The van der Waals surface area contributed by atoms with Crippen LogP contribution in [0.2, 0.25) is 0 Å². The Labute approximate surface area is 126 Å². The number of hydrogen-bond acceptors (Lipinski definition) is 5. The Hall–Kier alpha value is -1.56. The Balaban J connectivity index is 2.18. The highest BCUT2D eigenvalue weighted by Crippen LogP contribution is 2.27. The molecule has 0 saturated heterocycles. The van der Waals surface area contributed by atoms with Gasteiger partial charge in [0.1, 0.15) is 6.61 Å². The predicted molar refractivity (Wildman–Crippen MR) is 83.1 cm³/mol. The Bertz CT molecular complexity index is 423. The van der Waals surface area contributed by atoms with Crippen LogP contribution >= 0.6 is 0 Å². The third-order valence-corrected chi connectivity index (χ3v) is 2.78. The van der Waals surface area contributed by atoms with Crippen molar-refractivity contribution in [3.63, 3.8) is 0 Å². The van der Waals surface area contributed by atoms with Crippen LogP contribution in [-0.4, -0.2) is 51.2 Å². The predicted octanol–water partition coefficient (Wildman–Crippen LogP) is 1.54. The monoisotopic (exact) mass is 295 g/mol. The first-order chi connectivity index (χ1) is 10.2. The molecule has 1 atom stereocenters. The lowest BCUT2D eigenvalue weighted by Crippen LogP contribution is -2.32. The largest absolute Gasteiger partial charge is 0.493 e. The van der Waals surface area contributed by atoms with E-state index in [0.717, 1.165) is 17.1 Å². The minimum atomic E-state index is -0.529. The van der Waals surface area contributed by atoms with Gasteiger partial charge < -0.3 is 24.6 Å². The highest BCUT2D eigenvalue weighted by molar-refractivity contribution is 5.42. The lowest BCUT2D eigenvalue weighted by molar-refractivity contribution is 0.0491. The summed E-state index contributed by atoms with van der Waals surface area (Å²) >= 11 is 0. The first-order valence-corrected chi connectivity index (χ1v) is 7.02. The zero-order chi connectivity index (χ0) is 15.5. The summed E-state index contributed by atoms with van der Waals surface area (Å²) in [7, 11) is 1.62. The number of aryl methyl sites for hydroxylation is 1. The molecule has 1 aromatic rings. The smallest absolute Gasteiger partial charge is 0.161 e. The number of benzene rings is 1. The molecule has 5 heteroatoms. The van der Waals surface area contributed by atoms with E-state index in [4.69, 9.17) is 14.2 Å². The van der Waals surface area contributed by atoms with Gasteiger partial charge in [-0.25, -0.2) is 0 Å². The summed E-state index contributed by atoms with van der Waals surface area (Å²) in [5.41, 5.74) is 1.12. The minimum Gasteiger partial charge on any atom is -0.493 e. The lowest BCUT2D eigenvalue weighted by atomic mass is 10.2. The molecule has 0 heterocycles. The zero-order valence-electron chi connectivity index (χ0n) is 12.8. The molecule has 118 valence electrons. The molecule has 0 spiro atoms. The van der Waals surface area contributed by atoms with Gasteiger partial charge in [-0.15, -0.1) is 6.58 Å². The summed E-state index contributed by atoms with van der Waals surface area (Å²) < 4.78 is 16.1. The van der Waals surface area contributed by atoms with E-state index in [0.29, 0.717) is 32.9 Å². The average Bonchev–Trinajstić information content (AvgIpc) is 2.48. The van der Waals surface area contributed by atoms with Crippen molar-refractivity contribution in [3.05, 3.63) is 36.4 Å². The summed E-state index contributed by atoms with van der Waals surface area (Å²) in [5, 5.41) is 12.7. The van der Waals surface area contributed by atoms with Crippen LogP contribution in [0.1, 0.15) is 5.56 Å². The van der Waals surface area contributed by atoms with Crippen LogP contribution in [0.3, 0.4) is 0 Å². The fraction of sp³-hybridized carbons (Fsp3) is 0.500. The molecule has 0 amide bonds. The third-order valence-electron chi connectivity index (χ3n) is 2.78. The molecule has 1 aromatic carbocycles. The number of hydrogen-bond donors (Lipinski definition) is 2. The van der Waals surface area contributed by atoms with Crippen LogP contribution in [0.5, 0.6) is 11.5 Å². The van der Waals surface area contributed by atoms with Crippen molar-refractivity contribution in [2.45, 2.75) is 13.0 Å². The van der Waals surface area contributed by atoms with E-state index in [-0.39, 0.29) is 0 Å². The van der Waals surface area contributed by atoms with Crippen LogP contribution < -0.4 is 14.8 Å². The van der Waals surface area contributed by atoms with E-state index < -0.39 is 6.10 Å². The van der Waals surface area contributed by atoms with E-state index in [1.165, 1.54) is 0 Å². The van der Waals surface area contributed by atoms with Gasteiger partial charge in [0, 0.05) is 13.1 Å². The van der Waals surface area contributed by atoms with Crippen molar-refractivity contribution in [2.24, 2.45) is 0 Å². The van der Waals surface area contributed by atoms with Crippen molar-refractivity contribution in [1.82, 2.24) is 5.32 Å². The van der Waals surface area contributed by atoms with Crippen LogP contribution in [0.15, 0.2) is 30.9 Å². The van der Waals surface area contributed by atoms with Crippen molar-refractivity contribution in [3.8, 4) is 11.5 Å². The normalized spacial score (nSPS) is 12.0. The highest BCUT2D eigenvalue weighted by atomic mass is 16.5. The molecule has 0 unspecified atom stereocenters. The minimum absolute atomic E-state index is 0.297. The lowest BCUT2D eigenvalue weighted by Gasteiger charge is -2.13. The fourth-order valence-electron chi connectivity index (χ4n) is 1.74. The molecule has 2 N–H and O–H groups in total.